The highest BCUT2D eigenvalue weighted by molar-refractivity contribution is 9.10. The Morgan fingerprint density at radius 1 is 1.31 bits per heavy atom. The minimum atomic E-state index is 0.628. The Bertz CT molecular complexity index is 473. The zero-order chi connectivity index (χ0) is 11.4. The number of benzene rings is 1. The molecule has 0 radical (unpaired) electrons. The van der Waals surface area contributed by atoms with Crippen LogP contribution in [0.25, 0.3) is 0 Å². The minimum absolute atomic E-state index is 0.628. The Morgan fingerprint density at radius 2 is 2.19 bits per heavy atom. The number of nitrogens with zero attached hydrogens (tertiary/aromatic N) is 2. The first-order chi connectivity index (χ1) is 7.75. The van der Waals surface area contributed by atoms with Gasteiger partial charge < -0.3 is 11.1 Å². The van der Waals surface area contributed by atoms with Gasteiger partial charge in [0.25, 0.3) is 0 Å². The maximum Gasteiger partial charge on any atom is 0.115 e. The van der Waals surface area contributed by atoms with Crippen LogP contribution in [0.5, 0.6) is 0 Å². The summed E-state index contributed by atoms with van der Waals surface area (Å²) < 4.78 is 0.992. The third-order valence-corrected chi connectivity index (χ3v) is 2.61. The molecule has 0 bridgehead atoms. The number of rotatable bonds is 3. The highest BCUT2D eigenvalue weighted by atomic mass is 79.9. The van der Waals surface area contributed by atoms with Gasteiger partial charge in [0.1, 0.15) is 6.33 Å². The van der Waals surface area contributed by atoms with E-state index in [1.54, 1.807) is 6.20 Å². The molecular formula is C11H11BrN4. The van der Waals surface area contributed by atoms with Crippen molar-refractivity contribution in [2.45, 2.75) is 6.54 Å². The molecule has 0 aliphatic carbocycles. The molecule has 1 aromatic carbocycles. The van der Waals surface area contributed by atoms with E-state index in [1.807, 2.05) is 24.3 Å². The van der Waals surface area contributed by atoms with Gasteiger partial charge in [-0.3, -0.25) is 0 Å². The Labute approximate surface area is 102 Å². The number of nitrogens with two attached hydrogens (primary N) is 1. The minimum Gasteiger partial charge on any atom is -0.397 e. The van der Waals surface area contributed by atoms with Crippen LogP contribution in [0.15, 0.2) is 41.3 Å². The van der Waals surface area contributed by atoms with Gasteiger partial charge in [-0.2, -0.15) is 0 Å². The van der Waals surface area contributed by atoms with E-state index in [9.17, 15) is 0 Å². The van der Waals surface area contributed by atoms with Crippen LogP contribution in [0.2, 0.25) is 0 Å². The standard InChI is InChI=1S/C11H11BrN4/c12-8-1-2-10(13)11(5-8)15-6-9-3-4-14-7-16-9/h1-5,7,15H,6,13H2. The fraction of sp³-hybridized carbons (Fsp3) is 0.0909. The van der Waals surface area contributed by atoms with E-state index in [-0.39, 0.29) is 0 Å². The number of nitrogens with one attached hydrogen (secondary N) is 1. The second kappa shape index (κ2) is 4.94. The molecule has 0 atom stereocenters. The Hall–Kier alpha value is -1.62. The molecule has 82 valence electrons. The average molecular weight is 279 g/mol. The summed E-state index contributed by atoms with van der Waals surface area (Å²) in [6.07, 6.45) is 3.25. The molecule has 0 aliphatic heterocycles. The first-order valence-electron chi connectivity index (χ1n) is 4.79. The molecule has 0 aliphatic rings. The largest absolute Gasteiger partial charge is 0.397 e. The second-order valence-electron chi connectivity index (χ2n) is 3.29. The van der Waals surface area contributed by atoms with E-state index in [4.69, 9.17) is 5.73 Å². The summed E-state index contributed by atoms with van der Waals surface area (Å²) in [6.45, 7) is 0.628. The molecule has 1 heterocycles. The third-order valence-electron chi connectivity index (χ3n) is 2.12. The lowest BCUT2D eigenvalue weighted by Gasteiger charge is -2.08. The van der Waals surface area contributed by atoms with Gasteiger partial charge in [0.2, 0.25) is 0 Å². The van der Waals surface area contributed by atoms with Crippen molar-refractivity contribution < 1.29 is 0 Å². The maximum atomic E-state index is 5.84. The van der Waals surface area contributed by atoms with Crippen molar-refractivity contribution in [1.82, 2.24) is 9.97 Å². The fourth-order valence-electron chi connectivity index (χ4n) is 1.29. The van der Waals surface area contributed by atoms with E-state index in [0.29, 0.717) is 6.54 Å². The van der Waals surface area contributed by atoms with Crippen molar-refractivity contribution in [2.75, 3.05) is 11.1 Å². The first kappa shape index (κ1) is 10.9. The molecule has 16 heavy (non-hydrogen) atoms. The molecule has 3 N–H and O–H groups in total. The molecule has 2 aromatic rings. The summed E-state index contributed by atoms with van der Waals surface area (Å²) in [5.41, 5.74) is 8.38. The summed E-state index contributed by atoms with van der Waals surface area (Å²) in [4.78, 5) is 7.98. The van der Waals surface area contributed by atoms with E-state index in [1.165, 1.54) is 6.33 Å². The van der Waals surface area contributed by atoms with Crippen molar-refractivity contribution >= 4 is 27.3 Å². The summed E-state index contributed by atoms with van der Waals surface area (Å²) in [5.74, 6) is 0. The SMILES string of the molecule is Nc1ccc(Br)cc1NCc1ccncn1. The third kappa shape index (κ3) is 2.70. The lowest BCUT2D eigenvalue weighted by atomic mass is 10.2. The van der Waals surface area contributed by atoms with Crippen molar-refractivity contribution in [3.05, 3.63) is 47.0 Å². The van der Waals surface area contributed by atoms with Crippen LogP contribution >= 0.6 is 15.9 Å². The highest BCUT2D eigenvalue weighted by Crippen LogP contribution is 2.23. The normalized spacial score (nSPS) is 10.1. The van der Waals surface area contributed by atoms with Crippen molar-refractivity contribution in [3.8, 4) is 0 Å². The van der Waals surface area contributed by atoms with Gasteiger partial charge in [0.05, 0.1) is 23.6 Å². The van der Waals surface area contributed by atoms with Crippen LogP contribution in [0.1, 0.15) is 5.69 Å². The van der Waals surface area contributed by atoms with Crippen molar-refractivity contribution in [3.63, 3.8) is 0 Å². The van der Waals surface area contributed by atoms with Crippen LogP contribution in [-0.2, 0) is 6.54 Å². The van der Waals surface area contributed by atoms with Gasteiger partial charge in [-0.15, -0.1) is 0 Å². The molecular weight excluding hydrogens is 268 g/mol. The van der Waals surface area contributed by atoms with Gasteiger partial charge in [0.15, 0.2) is 0 Å². The predicted octanol–water partition coefficient (Wildman–Crippen LogP) is 2.43. The van der Waals surface area contributed by atoms with Crippen LogP contribution in [-0.4, -0.2) is 9.97 Å². The number of halogens is 1. The van der Waals surface area contributed by atoms with Crippen LogP contribution < -0.4 is 11.1 Å². The molecule has 5 heteroatoms. The fourth-order valence-corrected chi connectivity index (χ4v) is 1.65. The molecule has 0 amide bonds. The summed E-state index contributed by atoms with van der Waals surface area (Å²) in [7, 11) is 0. The monoisotopic (exact) mass is 278 g/mol. The van der Waals surface area contributed by atoms with E-state index in [0.717, 1.165) is 21.5 Å². The number of hydrogen-bond acceptors (Lipinski definition) is 4. The summed E-state index contributed by atoms with van der Waals surface area (Å²) >= 11 is 3.40. The highest BCUT2D eigenvalue weighted by Gasteiger charge is 2.00. The Balaban J connectivity index is 2.08. The van der Waals surface area contributed by atoms with Gasteiger partial charge in [0, 0.05) is 10.7 Å². The molecule has 0 saturated heterocycles. The zero-order valence-corrected chi connectivity index (χ0v) is 10.1. The van der Waals surface area contributed by atoms with Crippen molar-refractivity contribution in [2.24, 2.45) is 0 Å². The van der Waals surface area contributed by atoms with E-state index in [2.05, 4.69) is 31.2 Å². The van der Waals surface area contributed by atoms with Gasteiger partial charge in [-0.05, 0) is 24.3 Å². The maximum absolute atomic E-state index is 5.84. The summed E-state index contributed by atoms with van der Waals surface area (Å²) in [6, 6.07) is 7.56. The van der Waals surface area contributed by atoms with Crippen molar-refractivity contribution in [1.29, 1.82) is 0 Å². The molecule has 1 aromatic heterocycles. The molecule has 0 saturated carbocycles. The zero-order valence-electron chi connectivity index (χ0n) is 8.52. The Morgan fingerprint density at radius 3 is 2.94 bits per heavy atom. The predicted molar refractivity (Wildman–Crippen MR) is 67.9 cm³/mol. The van der Waals surface area contributed by atoms with Crippen LogP contribution in [0, 0.1) is 0 Å². The molecule has 0 fully saturated rings. The second-order valence-corrected chi connectivity index (χ2v) is 4.20. The average Bonchev–Trinajstić information content (AvgIpc) is 2.32. The number of anilines is 2. The Kier molecular flexibility index (Phi) is 3.36. The number of hydrogen-bond donors (Lipinski definition) is 2. The van der Waals surface area contributed by atoms with Gasteiger partial charge in [-0.1, -0.05) is 15.9 Å². The van der Waals surface area contributed by atoms with Gasteiger partial charge >= 0.3 is 0 Å². The van der Waals surface area contributed by atoms with Gasteiger partial charge in [-0.25, -0.2) is 9.97 Å². The number of aromatic nitrogens is 2. The van der Waals surface area contributed by atoms with E-state index < -0.39 is 0 Å². The number of nitrogen functional groups attached to an aromatic ring is 1. The molecule has 2 rings (SSSR count). The quantitative estimate of drug-likeness (QED) is 0.847. The first-order valence-corrected chi connectivity index (χ1v) is 5.59. The van der Waals surface area contributed by atoms with Crippen LogP contribution in [0.3, 0.4) is 0 Å². The molecule has 0 unspecified atom stereocenters. The van der Waals surface area contributed by atoms with Crippen LogP contribution in [0.4, 0.5) is 11.4 Å². The molecule has 4 nitrogen and oxygen atoms in total. The topological polar surface area (TPSA) is 63.8 Å². The molecule has 0 spiro atoms. The smallest absolute Gasteiger partial charge is 0.115 e. The lowest BCUT2D eigenvalue weighted by Crippen LogP contribution is -2.03. The van der Waals surface area contributed by atoms with E-state index >= 15 is 0 Å². The lowest BCUT2D eigenvalue weighted by molar-refractivity contribution is 1.01. The summed E-state index contributed by atoms with van der Waals surface area (Å²) in [5, 5.41) is 3.22.